The fourth-order valence-corrected chi connectivity index (χ4v) is 17.3. The van der Waals surface area contributed by atoms with Gasteiger partial charge in [-0.2, -0.15) is 0 Å². The third kappa shape index (κ3) is 8.69. The number of hydrogen-bond acceptors (Lipinski definition) is 4. The van der Waals surface area contributed by atoms with Crippen molar-refractivity contribution in [2.24, 2.45) is 0 Å². The molecule has 0 unspecified atom stereocenters. The van der Waals surface area contributed by atoms with Gasteiger partial charge in [0.15, 0.2) is 5.75 Å². The number of aromatic hydroxyl groups is 1. The van der Waals surface area contributed by atoms with Crippen LogP contribution in [0.5, 0.6) is 11.5 Å². The second-order valence-electron chi connectivity index (χ2n) is 12.0. The Bertz CT molecular complexity index is 758. The van der Waals surface area contributed by atoms with Crippen molar-refractivity contribution in [3.8, 4) is 11.5 Å². The molecule has 3 saturated carbocycles. The predicted octanol–water partition coefficient (Wildman–Crippen LogP) is 4.75. The van der Waals surface area contributed by atoms with Gasteiger partial charge in [0.25, 0.3) is 0 Å². The van der Waals surface area contributed by atoms with E-state index in [4.69, 9.17) is 14.2 Å². The van der Waals surface area contributed by atoms with Gasteiger partial charge in [-0.05, 0) is 109 Å². The number of benzene rings is 1. The Morgan fingerprint density at radius 2 is 1.28 bits per heavy atom. The van der Waals surface area contributed by atoms with Crippen molar-refractivity contribution in [2.45, 2.75) is 146 Å². The summed E-state index contributed by atoms with van der Waals surface area (Å²) in [7, 11) is -1.99. The fourth-order valence-electron chi connectivity index (χ4n) is 8.12. The molecule has 1 aromatic carbocycles. The SMILES string of the molecule is CCOC(OCC)[SiH2]CCCOc1ccc(O)cc1[P+](C1CCCCC1)(C1CCCCC1)C1CCCCC1.[Br-]. The predicted molar refractivity (Wildman–Crippen MR) is 166 cm³/mol. The number of rotatable bonds is 14. The molecule has 1 aromatic rings. The van der Waals surface area contributed by atoms with Crippen LogP contribution in [0.3, 0.4) is 0 Å². The molecule has 0 aliphatic heterocycles. The first-order chi connectivity index (χ1) is 18.7. The molecule has 1 N–H and O–H groups in total. The number of ether oxygens (including phenoxy) is 3. The van der Waals surface area contributed by atoms with Crippen LogP contribution in [-0.4, -0.2) is 57.3 Å². The summed E-state index contributed by atoms with van der Waals surface area (Å²) in [5.41, 5.74) is 2.49. The Morgan fingerprint density at radius 3 is 1.74 bits per heavy atom. The standard InChI is InChI=1S/C32H55O4PSi.BrH/c1-3-34-32(35-4-2)38-24-14-23-36-30-22-21-26(33)25-31(30)37(27-15-8-5-9-16-27,28-17-10-6-11-18-28)29-19-12-7-13-20-29;/h21-22,25,27-29,32H,3-20,23-24,38H2,1-2H3;1H. The van der Waals surface area contributed by atoms with Crippen molar-refractivity contribution in [3.63, 3.8) is 0 Å². The van der Waals surface area contributed by atoms with E-state index in [1.165, 1.54) is 108 Å². The highest BCUT2D eigenvalue weighted by Crippen LogP contribution is 2.77. The molecule has 0 saturated heterocycles. The second kappa shape index (κ2) is 17.7. The van der Waals surface area contributed by atoms with E-state index in [0.717, 1.165) is 49.0 Å². The molecular formula is C32H56BrO4PSi. The van der Waals surface area contributed by atoms with Gasteiger partial charge in [0.05, 0.1) is 40.4 Å². The highest BCUT2D eigenvalue weighted by molar-refractivity contribution is 7.85. The van der Waals surface area contributed by atoms with Crippen molar-refractivity contribution >= 4 is 22.1 Å². The van der Waals surface area contributed by atoms with E-state index >= 15 is 0 Å². The van der Waals surface area contributed by atoms with Crippen LogP contribution in [0.25, 0.3) is 0 Å². The van der Waals surface area contributed by atoms with Gasteiger partial charge in [-0.1, -0.05) is 25.3 Å². The van der Waals surface area contributed by atoms with Gasteiger partial charge in [-0.25, -0.2) is 0 Å². The summed E-state index contributed by atoms with van der Waals surface area (Å²) in [4.78, 5) is 0. The first-order valence-corrected chi connectivity index (χ1v) is 20.1. The van der Waals surface area contributed by atoms with E-state index in [1.807, 2.05) is 6.07 Å². The quantitative estimate of drug-likeness (QED) is 0.138. The zero-order valence-electron chi connectivity index (χ0n) is 24.9. The highest BCUT2D eigenvalue weighted by Gasteiger charge is 2.60. The minimum absolute atomic E-state index is 0. The molecule has 3 aliphatic rings. The van der Waals surface area contributed by atoms with Crippen LogP contribution in [-0.2, 0) is 9.47 Å². The van der Waals surface area contributed by atoms with Crippen molar-refractivity contribution in [1.82, 2.24) is 0 Å². The molecule has 3 fully saturated rings. The molecule has 7 heteroatoms. The smallest absolute Gasteiger partial charge is 0.161 e. The molecule has 0 radical (unpaired) electrons. The lowest BCUT2D eigenvalue weighted by Crippen LogP contribution is -3.00. The molecule has 0 spiro atoms. The van der Waals surface area contributed by atoms with Gasteiger partial charge in [0.2, 0.25) is 0 Å². The average Bonchev–Trinajstić information content (AvgIpc) is 2.96. The lowest BCUT2D eigenvalue weighted by Gasteiger charge is -2.49. The van der Waals surface area contributed by atoms with Crippen molar-refractivity contribution in [2.75, 3.05) is 19.8 Å². The lowest BCUT2D eigenvalue weighted by atomic mass is 9.99. The molecule has 224 valence electrons. The second-order valence-corrected chi connectivity index (χ2v) is 18.3. The zero-order valence-corrected chi connectivity index (χ0v) is 28.8. The van der Waals surface area contributed by atoms with Crippen LogP contribution in [0.4, 0.5) is 0 Å². The number of halogens is 1. The van der Waals surface area contributed by atoms with Crippen molar-refractivity contribution in [3.05, 3.63) is 18.2 Å². The molecule has 39 heavy (non-hydrogen) atoms. The monoisotopic (exact) mass is 642 g/mol. The maximum absolute atomic E-state index is 10.9. The van der Waals surface area contributed by atoms with Gasteiger partial charge in [0, 0.05) is 19.3 Å². The molecule has 0 bridgehead atoms. The van der Waals surface area contributed by atoms with Crippen molar-refractivity contribution in [1.29, 1.82) is 0 Å². The molecule has 0 heterocycles. The van der Waals surface area contributed by atoms with Crippen LogP contribution < -0.4 is 27.0 Å². The summed E-state index contributed by atoms with van der Waals surface area (Å²) >= 11 is 0. The van der Waals surface area contributed by atoms with Gasteiger partial charge >= 0.3 is 0 Å². The minimum Gasteiger partial charge on any atom is -1.00 e. The average molecular weight is 644 g/mol. The van der Waals surface area contributed by atoms with E-state index in [9.17, 15) is 5.11 Å². The van der Waals surface area contributed by atoms with E-state index in [-0.39, 0.29) is 22.9 Å². The molecule has 0 aromatic heterocycles. The maximum Gasteiger partial charge on any atom is 0.161 e. The highest BCUT2D eigenvalue weighted by atomic mass is 79.9. The third-order valence-electron chi connectivity index (χ3n) is 9.69. The largest absolute Gasteiger partial charge is 1.00 e. The number of phenols is 1. The summed E-state index contributed by atoms with van der Waals surface area (Å²) in [6.45, 7) is 6.31. The molecule has 0 atom stereocenters. The molecule has 4 rings (SSSR count). The van der Waals surface area contributed by atoms with E-state index < -0.39 is 16.8 Å². The normalized spacial score (nSPS) is 20.5. The Labute approximate surface area is 252 Å². The topological polar surface area (TPSA) is 47.9 Å². The Kier molecular flexibility index (Phi) is 15.2. The van der Waals surface area contributed by atoms with Crippen LogP contribution >= 0.6 is 7.26 Å². The number of phenolic OH excluding ortho intramolecular Hbond substituents is 1. The molecular weight excluding hydrogens is 587 g/mol. The summed E-state index contributed by atoms with van der Waals surface area (Å²) in [6.07, 6.45) is 22.1. The van der Waals surface area contributed by atoms with E-state index in [0.29, 0.717) is 5.75 Å². The molecule has 0 amide bonds. The van der Waals surface area contributed by atoms with Gasteiger partial charge in [-0.3, -0.25) is 0 Å². The van der Waals surface area contributed by atoms with Crippen molar-refractivity contribution < 1.29 is 36.3 Å². The third-order valence-corrected chi connectivity index (χ3v) is 17.9. The number of hydrogen-bond donors (Lipinski definition) is 1. The summed E-state index contributed by atoms with van der Waals surface area (Å²) in [5.74, 6) is 1.60. The summed E-state index contributed by atoms with van der Waals surface area (Å²) in [5, 5.41) is 12.4. The van der Waals surface area contributed by atoms with Crippen LogP contribution in [0, 0.1) is 0 Å². The van der Waals surface area contributed by atoms with Crippen LogP contribution in [0.1, 0.15) is 117 Å². The van der Waals surface area contributed by atoms with Gasteiger partial charge in [0.1, 0.15) is 17.0 Å². The Morgan fingerprint density at radius 1 is 0.795 bits per heavy atom. The van der Waals surface area contributed by atoms with Gasteiger partial charge < -0.3 is 36.3 Å². The fraction of sp³-hybridized carbons (Fsp3) is 0.812. The first kappa shape index (κ1) is 33.4. The zero-order chi connectivity index (χ0) is 26.6. The summed E-state index contributed by atoms with van der Waals surface area (Å²) < 4.78 is 18.3. The Hall–Kier alpha value is -0.133. The van der Waals surface area contributed by atoms with Gasteiger partial charge in [-0.15, -0.1) is 0 Å². The summed E-state index contributed by atoms with van der Waals surface area (Å²) in [6, 6.07) is 7.39. The maximum atomic E-state index is 10.9. The molecule has 4 nitrogen and oxygen atoms in total. The van der Waals surface area contributed by atoms with Crippen LogP contribution in [0.2, 0.25) is 6.04 Å². The first-order valence-electron chi connectivity index (χ1n) is 16.3. The van der Waals surface area contributed by atoms with E-state index in [2.05, 4.69) is 26.0 Å². The van der Waals surface area contributed by atoms with E-state index in [1.54, 1.807) is 0 Å². The lowest BCUT2D eigenvalue weighted by molar-refractivity contribution is -0.0828. The minimum atomic E-state index is -1.54. The van der Waals surface area contributed by atoms with Crippen LogP contribution in [0.15, 0.2) is 18.2 Å². The Balaban J connectivity index is 0.00000420. The molecule has 3 aliphatic carbocycles.